The molecule has 0 saturated carbocycles. The molecule has 76 valence electrons. The fraction of sp³-hybridized carbons (Fsp3) is 0.667. The SMILES string of the molecule is O=C(O)C(CS)SC(CS)C(=O)O. The lowest BCUT2D eigenvalue weighted by atomic mass is 10.5. The molecule has 0 bridgehead atoms. The van der Waals surface area contributed by atoms with Crippen LogP contribution >= 0.6 is 37.0 Å². The first-order chi connectivity index (χ1) is 6.02. The van der Waals surface area contributed by atoms with Gasteiger partial charge in [-0.25, -0.2) is 0 Å². The van der Waals surface area contributed by atoms with Crippen LogP contribution in [-0.4, -0.2) is 44.2 Å². The Bertz CT molecular complexity index is 176. The Kier molecular flexibility index (Phi) is 6.44. The minimum Gasteiger partial charge on any atom is -0.480 e. The molecule has 0 aromatic carbocycles. The van der Waals surface area contributed by atoms with Crippen LogP contribution in [0.3, 0.4) is 0 Å². The Hall–Kier alpha value is -0.0100. The lowest BCUT2D eigenvalue weighted by Crippen LogP contribution is -2.27. The predicted octanol–water partition coefficient (Wildman–Crippen LogP) is 0.486. The highest BCUT2D eigenvalue weighted by Crippen LogP contribution is 2.20. The van der Waals surface area contributed by atoms with Gasteiger partial charge in [0.15, 0.2) is 0 Å². The van der Waals surface area contributed by atoms with Crippen molar-refractivity contribution in [3.63, 3.8) is 0 Å². The van der Waals surface area contributed by atoms with Crippen LogP contribution in [-0.2, 0) is 9.59 Å². The summed E-state index contributed by atoms with van der Waals surface area (Å²) < 4.78 is 0. The molecule has 0 spiro atoms. The Labute approximate surface area is 90.9 Å². The molecule has 0 heterocycles. The minimum atomic E-state index is -1.05. The molecule has 0 aromatic heterocycles. The van der Waals surface area contributed by atoms with Crippen molar-refractivity contribution >= 4 is 49.0 Å². The summed E-state index contributed by atoms with van der Waals surface area (Å²) in [5, 5.41) is 15.6. The molecule has 0 rings (SSSR count). The molecule has 0 amide bonds. The summed E-state index contributed by atoms with van der Waals surface area (Å²) in [4.78, 5) is 21.0. The number of carbonyl (C=O) groups is 2. The molecule has 2 atom stereocenters. The second-order valence-electron chi connectivity index (χ2n) is 2.15. The summed E-state index contributed by atoms with van der Waals surface area (Å²) in [5.41, 5.74) is 0. The van der Waals surface area contributed by atoms with E-state index in [1.165, 1.54) is 0 Å². The fourth-order valence-electron chi connectivity index (χ4n) is 0.557. The van der Waals surface area contributed by atoms with Gasteiger partial charge in [-0.15, -0.1) is 11.8 Å². The highest BCUT2D eigenvalue weighted by Gasteiger charge is 2.25. The maximum absolute atomic E-state index is 10.5. The van der Waals surface area contributed by atoms with Crippen molar-refractivity contribution in [1.82, 2.24) is 0 Å². The quantitative estimate of drug-likeness (QED) is 0.510. The summed E-state index contributed by atoms with van der Waals surface area (Å²) in [5.74, 6) is -1.88. The van der Waals surface area contributed by atoms with Gasteiger partial charge < -0.3 is 10.2 Å². The van der Waals surface area contributed by atoms with Crippen LogP contribution in [0.5, 0.6) is 0 Å². The van der Waals surface area contributed by atoms with E-state index >= 15 is 0 Å². The van der Waals surface area contributed by atoms with Crippen molar-refractivity contribution in [2.45, 2.75) is 10.5 Å². The zero-order chi connectivity index (χ0) is 10.4. The number of aliphatic carboxylic acids is 2. The van der Waals surface area contributed by atoms with E-state index in [0.717, 1.165) is 11.8 Å². The predicted molar refractivity (Wildman–Crippen MR) is 58.1 cm³/mol. The average Bonchev–Trinajstić information content (AvgIpc) is 2.05. The van der Waals surface area contributed by atoms with E-state index in [9.17, 15) is 9.59 Å². The smallest absolute Gasteiger partial charge is 0.317 e. The van der Waals surface area contributed by atoms with Crippen LogP contribution < -0.4 is 0 Å². The van der Waals surface area contributed by atoms with Crippen LogP contribution in [0.2, 0.25) is 0 Å². The van der Waals surface area contributed by atoms with E-state index < -0.39 is 22.4 Å². The van der Waals surface area contributed by atoms with Crippen LogP contribution in [0.25, 0.3) is 0 Å². The maximum atomic E-state index is 10.5. The Morgan fingerprint density at radius 3 is 1.54 bits per heavy atom. The lowest BCUT2D eigenvalue weighted by Gasteiger charge is -2.13. The third-order valence-electron chi connectivity index (χ3n) is 1.21. The van der Waals surface area contributed by atoms with Crippen molar-refractivity contribution in [1.29, 1.82) is 0 Å². The van der Waals surface area contributed by atoms with Crippen LogP contribution in [0.1, 0.15) is 0 Å². The van der Waals surface area contributed by atoms with Gasteiger partial charge in [0.1, 0.15) is 10.5 Å². The van der Waals surface area contributed by atoms with Gasteiger partial charge in [0.25, 0.3) is 0 Å². The monoisotopic (exact) mass is 242 g/mol. The molecule has 0 fully saturated rings. The molecular formula is C6H10O4S3. The zero-order valence-electron chi connectivity index (χ0n) is 6.58. The number of hydrogen-bond donors (Lipinski definition) is 4. The van der Waals surface area contributed by atoms with Gasteiger partial charge in [0, 0.05) is 11.5 Å². The van der Waals surface area contributed by atoms with E-state index in [-0.39, 0.29) is 11.5 Å². The Balaban J connectivity index is 4.19. The lowest BCUT2D eigenvalue weighted by molar-refractivity contribution is -0.136. The third kappa shape index (κ3) is 4.68. The third-order valence-corrected chi connectivity index (χ3v) is 3.83. The molecule has 2 N–H and O–H groups in total. The molecule has 0 radical (unpaired) electrons. The molecule has 2 unspecified atom stereocenters. The van der Waals surface area contributed by atoms with E-state index in [1.807, 2.05) is 0 Å². The van der Waals surface area contributed by atoms with Gasteiger partial charge in [0.05, 0.1) is 0 Å². The largest absolute Gasteiger partial charge is 0.480 e. The number of thioether (sulfide) groups is 1. The molecule has 0 aliphatic rings. The van der Waals surface area contributed by atoms with Crippen molar-refractivity contribution in [3.8, 4) is 0 Å². The van der Waals surface area contributed by atoms with E-state index in [2.05, 4.69) is 25.3 Å². The molecular weight excluding hydrogens is 232 g/mol. The van der Waals surface area contributed by atoms with Crippen molar-refractivity contribution < 1.29 is 19.8 Å². The maximum Gasteiger partial charge on any atom is 0.317 e. The van der Waals surface area contributed by atoms with E-state index in [1.54, 1.807) is 0 Å². The first-order valence-electron chi connectivity index (χ1n) is 3.35. The average molecular weight is 242 g/mol. The van der Waals surface area contributed by atoms with Gasteiger partial charge in [-0.1, -0.05) is 0 Å². The number of hydrogen-bond acceptors (Lipinski definition) is 5. The van der Waals surface area contributed by atoms with E-state index in [4.69, 9.17) is 10.2 Å². The molecule has 7 heteroatoms. The highest BCUT2D eigenvalue weighted by molar-refractivity contribution is 8.03. The van der Waals surface area contributed by atoms with E-state index in [0.29, 0.717) is 0 Å². The highest BCUT2D eigenvalue weighted by atomic mass is 32.2. The van der Waals surface area contributed by atoms with Gasteiger partial charge in [-0.05, 0) is 0 Å². The molecule has 0 aliphatic carbocycles. The normalized spacial score (nSPS) is 14.9. The molecule has 4 nitrogen and oxygen atoms in total. The van der Waals surface area contributed by atoms with Crippen molar-refractivity contribution in [2.75, 3.05) is 11.5 Å². The van der Waals surface area contributed by atoms with Gasteiger partial charge in [-0.2, -0.15) is 25.3 Å². The Morgan fingerprint density at radius 2 is 1.38 bits per heavy atom. The van der Waals surface area contributed by atoms with Gasteiger partial charge in [0.2, 0.25) is 0 Å². The van der Waals surface area contributed by atoms with Gasteiger partial charge in [-0.3, -0.25) is 9.59 Å². The Morgan fingerprint density at radius 1 is 1.08 bits per heavy atom. The summed E-state index contributed by atoms with van der Waals surface area (Å²) in [6.07, 6.45) is 0. The first kappa shape index (κ1) is 13.0. The van der Waals surface area contributed by atoms with Crippen LogP contribution in [0.15, 0.2) is 0 Å². The number of carboxylic acid groups (broad SMARTS) is 2. The van der Waals surface area contributed by atoms with Crippen molar-refractivity contribution in [3.05, 3.63) is 0 Å². The summed E-state index contributed by atoms with van der Waals surface area (Å²) in [6, 6.07) is 0. The number of rotatable bonds is 6. The number of thiol groups is 2. The second kappa shape index (κ2) is 6.44. The standard InChI is InChI=1S/C6H10O4S3/c7-5(8)3(1-11)13-4(2-12)6(9)10/h3-4,11-12H,1-2H2,(H,7,8)(H,9,10). The minimum absolute atomic E-state index is 0.109. The first-order valence-corrected chi connectivity index (χ1v) is 5.56. The summed E-state index contributed by atoms with van der Waals surface area (Å²) >= 11 is 8.49. The molecule has 0 aromatic rings. The van der Waals surface area contributed by atoms with Gasteiger partial charge >= 0.3 is 11.9 Å². The number of carboxylic acids is 2. The topological polar surface area (TPSA) is 74.6 Å². The summed E-state index contributed by atoms with van der Waals surface area (Å²) in [6.45, 7) is 0. The molecule has 0 saturated heterocycles. The molecule has 0 aliphatic heterocycles. The summed E-state index contributed by atoms with van der Waals surface area (Å²) in [7, 11) is 0. The van der Waals surface area contributed by atoms with Crippen LogP contribution in [0, 0.1) is 0 Å². The van der Waals surface area contributed by atoms with Crippen LogP contribution in [0.4, 0.5) is 0 Å². The molecule has 13 heavy (non-hydrogen) atoms. The second-order valence-corrected chi connectivity index (χ2v) is 4.30. The fourth-order valence-corrected chi connectivity index (χ4v) is 2.19. The van der Waals surface area contributed by atoms with Crippen molar-refractivity contribution in [2.24, 2.45) is 0 Å². The zero-order valence-corrected chi connectivity index (χ0v) is 9.19.